The molecule has 0 fully saturated rings. The number of fused-ring (bicyclic) bond motifs is 1. The molecule has 1 unspecified atom stereocenters. The van der Waals surface area contributed by atoms with Crippen LogP contribution in [0.15, 0.2) is 48.5 Å². The third-order valence-corrected chi connectivity index (χ3v) is 3.93. The van der Waals surface area contributed by atoms with Crippen molar-refractivity contribution >= 4 is 11.6 Å². The smallest absolute Gasteiger partial charge is 0.258 e. The van der Waals surface area contributed by atoms with Crippen molar-refractivity contribution < 1.29 is 14.3 Å². The van der Waals surface area contributed by atoms with Crippen molar-refractivity contribution in [3.63, 3.8) is 0 Å². The van der Waals surface area contributed by atoms with Gasteiger partial charge in [0.25, 0.3) is 5.91 Å². The summed E-state index contributed by atoms with van der Waals surface area (Å²) < 4.78 is 11.4. The lowest BCUT2D eigenvalue weighted by atomic mass is 10.1. The number of carbonyl (C=O) groups excluding carboxylic acids is 1. The number of hydrogen-bond donors (Lipinski definition) is 0. The maximum absolute atomic E-state index is 13.0. The molecule has 120 valence electrons. The van der Waals surface area contributed by atoms with E-state index in [-0.39, 0.29) is 12.0 Å². The Morgan fingerprint density at radius 1 is 1.22 bits per heavy atom. The molecule has 2 aromatic carbocycles. The van der Waals surface area contributed by atoms with Crippen LogP contribution in [0.1, 0.15) is 30.6 Å². The van der Waals surface area contributed by atoms with Crippen LogP contribution in [0.25, 0.3) is 0 Å². The highest BCUT2D eigenvalue weighted by Crippen LogP contribution is 2.34. The first-order chi connectivity index (χ1) is 11.2. The van der Waals surface area contributed by atoms with Crippen LogP contribution in [0.2, 0.25) is 0 Å². The summed E-state index contributed by atoms with van der Waals surface area (Å²) >= 11 is 0. The van der Waals surface area contributed by atoms with E-state index in [0.29, 0.717) is 24.5 Å². The van der Waals surface area contributed by atoms with Gasteiger partial charge in [-0.1, -0.05) is 25.1 Å². The lowest BCUT2D eigenvalue weighted by Crippen LogP contribution is -2.43. The minimum atomic E-state index is -0.0271. The van der Waals surface area contributed by atoms with E-state index in [1.165, 1.54) is 0 Å². The number of hydrogen-bond acceptors (Lipinski definition) is 3. The van der Waals surface area contributed by atoms with Gasteiger partial charge >= 0.3 is 0 Å². The summed E-state index contributed by atoms with van der Waals surface area (Å²) in [5, 5.41) is 0. The highest BCUT2D eigenvalue weighted by atomic mass is 16.5. The SMILES string of the molecule is CCOc1cccc(C(=O)N2CC(CC)Oc3ccccc32)c1. The van der Waals surface area contributed by atoms with E-state index in [1.54, 1.807) is 11.0 Å². The van der Waals surface area contributed by atoms with E-state index < -0.39 is 0 Å². The maximum atomic E-state index is 13.0. The van der Waals surface area contributed by atoms with Gasteiger partial charge in [0.15, 0.2) is 0 Å². The molecule has 1 aliphatic rings. The van der Waals surface area contributed by atoms with Crippen molar-refractivity contribution in [2.45, 2.75) is 26.4 Å². The average Bonchev–Trinajstić information content (AvgIpc) is 2.60. The van der Waals surface area contributed by atoms with Crippen LogP contribution in [0.5, 0.6) is 11.5 Å². The van der Waals surface area contributed by atoms with E-state index >= 15 is 0 Å². The highest BCUT2D eigenvalue weighted by molar-refractivity contribution is 6.07. The van der Waals surface area contributed by atoms with Crippen molar-refractivity contribution in [3.8, 4) is 11.5 Å². The van der Waals surface area contributed by atoms with Gasteiger partial charge in [0.05, 0.1) is 18.8 Å². The summed E-state index contributed by atoms with van der Waals surface area (Å²) in [6.07, 6.45) is 0.876. The summed E-state index contributed by atoms with van der Waals surface area (Å²) in [5.74, 6) is 1.45. The number of rotatable bonds is 4. The number of amides is 1. The highest BCUT2D eigenvalue weighted by Gasteiger charge is 2.29. The number of ether oxygens (including phenoxy) is 2. The Morgan fingerprint density at radius 3 is 2.83 bits per heavy atom. The van der Waals surface area contributed by atoms with Gasteiger partial charge in [-0.05, 0) is 43.7 Å². The van der Waals surface area contributed by atoms with Crippen molar-refractivity contribution in [2.75, 3.05) is 18.1 Å². The first kappa shape index (κ1) is 15.4. The lowest BCUT2D eigenvalue weighted by Gasteiger charge is -2.34. The fourth-order valence-electron chi connectivity index (χ4n) is 2.74. The third-order valence-electron chi connectivity index (χ3n) is 3.93. The second kappa shape index (κ2) is 6.73. The Hall–Kier alpha value is -2.49. The molecule has 4 heteroatoms. The average molecular weight is 311 g/mol. The quantitative estimate of drug-likeness (QED) is 0.859. The Morgan fingerprint density at radius 2 is 2.04 bits per heavy atom. The summed E-state index contributed by atoms with van der Waals surface area (Å²) in [6.45, 7) is 5.14. The van der Waals surface area contributed by atoms with Gasteiger partial charge in [-0.2, -0.15) is 0 Å². The number of benzene rings is 2. The summed E-state index contributed by atoms with van der Waals surface area (Å²) in [7, 11) is 0. The predicted molar refractivity (Wildman–Crippen MR) is 90.4 cm³/mol. The van der Waals surface area contributed by atoms with Gasteiger partial charge < -0.3 is 14.4 Å². The molecule has 4 nitrogen and oxygen atoms in total. The molecule has 1 amide bonds. The van der Waals surface area contributed by atoms with Gasteiger partial charge in [-0.25, -0.2) is 0 Å². The second-order valence-corrected chi connectivity index (χ2v) is 5.49. The van der Waals surface area contributed by atoms with E-state index in [0.717, 1.165) is 17.9 Å². The van der Waals surface area contributed by atoms with Crippen LogP contribution in [0, 0.1) is 0 Å². The summed E-state index contributed by atoms with van der Waals surface area (Å²) in [5.41, 5.74) is 1.45. The number of nitrogens with zero attached hydrogens (tertiary/aromatic N) is 1. The zero-order valence-electron chi connectivity index (χ0n) is 13.5. The van der Waals surface area contributed by atoms with Crippen molar-refractivity contribution in [3.05, 3.63) is 54.1 Å². The molecule has 23 heavy (non-hydrogen) atoms. The zero-order chi connectivity index (χ0) is 16.2. The van der Waals surface area contributed by atoms with Gasteiger partial charge in [0.2, 0.25) is 0 Å². The molecule has 2 aromatic rings. The Labute approximate surface area is 136 Å². The molecule has 0 aliphatic carbocycles. The van der Waals surface area contributed by atoms with Crippen LogP contribution in [-0.2, 0) is 0 Å². The van der Waals surface area contributed by atoms with E-state index in [4.69, 9.17) is 9.47 Å². The molecule has 1 heterocycles. The molecule has 0 radical (unpaired) electrons. The fraction of sp³-hybridized carbons (Fsp3) is 0.316. The van der Waals surface area contributed by atoms with Crippen LogP contribution in [0.4, 0.5) is 5.69 Å². The predicted octanol–water partition coefficient (Wildman–Crippen LogP) is 3.90. The standard InChI is InChI=1S/C19H21NO3/c1-3-15-13-20(17-10-5-6-11-18(17)23-15)19(21)14-8-7-9-16(12-14)22-4-2/h5-12,15H,3-4,13H2,1-2H3. The van der Waals surface area contributed by atoms with Gasteiger partial charge in [0.1, 0.15) is 17.6 Å². The van der Waals surface area contributed by atoms with E-state index in [2.05, 4.69) is 6.92 Å². The van der Waals surface area contributed by atoms with Crippen molar-refractivity contribution in [1.82, 2.24) is 0 Å². The number of para-hydroxylation sites is 2. The van der Waals surface area contributed by atoms with Crippen molar-refractivity contribution in [1.29, 1.82) is 0 Å². The number of anilines is 1. The molecular weight excluding hydrogens is 290 g/mol. The van der Waals surface area contributed by atoms with Crippen molar-refractivity contribution in [2.24, 2.45) is 0 Å². The molecule has 0 saturated carbocycles. The van der Waals surface area contributed by atoms with Gasteiger partial charge in [0, 0.05) is 5.56 Å². The lowest BCUT2D eigenvalue weighted by molar-refractivity contribution is 0.0954. The van der Waals surface area contributed by atoms with E-state index in [1.807, 2.05) is 49.4 Å². The molecule has 0 bridgehead atoms. The first-order valence-electron chi connectivity index (χ1n) is 8.03. The normalized spacial score (nSPS) is 16.4. The van der Waals surface area contributed by atoms with Gasteiger partial charge in [-0.15, -0.1) is 0 Å². The van der Waals surface area contributed by atoms with Crippen LogP contribution in [-0.4, -0.2) is 25.2 Å². The monoisotopic (exact) mass is 311 g/mol. The molecule has 3 rings (SSSR count). The van der Waals surface area contributed by atoms with Gasteiger partial charge in [-0.3, -0.25) is 4.79 Å². The zero-order valence-corrected chi connectivity index (χ0v) is 13.5. The van der Waals surface area contributed by atoms with Crippen LogP contribution < -0.4 is 14.4 Å². The number of carbonyl (C=O) groups is 1. The molecule has 0 aromatic heterocycles. The topological polar surface area (TPSA) is 38.8 Å². The first-order valence-corrected chi connectivity index (χ1v) is 8.03. The van der Waals surface area contributed by atoms with Crippen LogP contribution in [0.3, 0.4) is 0 Å². The third kappa shape index (κ3) is 3.16. The molecule has 1 aliphatic heterocycles. The molecule has 0 saturated heterocycles. The molecule has 0 spiro atoms. The largest absolute Gasteiger partial charge is 0.494 e. The Bertz CT molecular complexity index is 699. The molecule has 1 atom stereocenters. The molecular formula is C19H21NO3. The maximum Gasteiger partial charge on any atom is 0.258 e. The summed E-state index contributed by atoms with van der Waals surface area (Å²) in [4.78, 5) is 14.8. The van der Waals surface area contributed by atoms with E-state index in [9.17, 15) is 4.79 Å². The Balaban J connectivity index is 1.93. The minimum absolute atomic E-state index is 0.0175. The van der Waals surface area contributed by atoms with Crippen LogP contribution >= 0.6 is 0 Å². The summed E-state index contributed by atoms with van der Waals surface area (Å²) in [6, 6.07) is 15.0. The Kier molecular flexibility index (Phi) is 4.51. The second-order valence-electron chi connectivity index (χ2n) is 5.49. The minimum Gasteiger partial charge on any atom is -0.494 e. The fourth-order valence-corrected chi connectivity index (χ4v) is 2.74. The molecule has 0 N–H and O–H groups in total.